The Balaban J connectivity index is 2.04. The van der Waals surface area contributed by atoms with E-state index in [4.69, 9.17) is 0 Å². The van der Waals surface area contributed by atoms with Crippen molar-refractivity contribution in [1.82, 2.24) is 10.2 Å². The summed E-state index contributed by atoms with van der Waals surface area (Å²) in [5.41, 5.74) is 4.41. The van der Waals surface area contributed by atoms with Crippen LogP contribution in [0.5, 0.6) is 0 Å². The Bertz CT molecular complexity index is 693. The highest BCUT2D eigenvalue weighted by molar-refractivity contribution is 8.01. The molecule has 0 saturated carbocycles. The summed E-state index contributed by atoms with van der Waals surface area (Å²) < 4.78 is 0. The second kappa shape index (κ2) is 5.68. The topological polar surface area (TPSA) is 61.0 Å². The zero-order valence-corrected chi connectivity index (χ0v) is 14.0. The maximum atomic E-state index is 12.1. The molecule has 22 heavy (non-hydrogen) atoms. The second-order valence-corrected chi connectivity index (χ2v) is 7.20. The molecule has 0 fully saturated rings. The van der Waals surface area contributed by atoms with E-state index in [1.54, 1.807) is 11.8 Å². The van der Waals surface area contributed by atoms with Crippen LogP contribution in [-0.4, -0.2) is 35.4 Å². The number of rotatable bonds is 2. The molecule has 2 unspecified atom stereocenters. The van der Waals surface area contributed by atoms with Gasteiger partial charge in [0.2, 0.25) is 5.91 Å². The van der Waals surface area contributed by atoms with Crippen molar-refractivity contribution in [2.24, 2.45) is 0 Å². The van der Waals surface area contributed by atoms with Gasteiger partial charge in [0.25, 0.3) is 0 Å². The molecule has 2 N–H and O–H groups in total. The van der Waals surface area contributed by atoms with Gasteiger partial charge in [-0.25, -0.2) is 0 Å². The van der Waals surface area contributed by atoms with Gasteiger partial charge in [-0.15, -0.1) is 11.8 Å². The van der Waals surface area contributed by atoms with E-state index < -0.39 is 0 Å². The first-order valence-electron chi connectivity index (χ1n) is 7.26. The fourth-order valence-corrected chi connectivity index (χ4v) is 3.93. The third kappa shape index (κ3) is 2.59. The monoisotopic (exact) mass is 316 g/mol. The lowest BCUT2D eigenvalue weighted by Crippen LogP contribution is -2.21. The van der Waals surface area contributed by atoms with E-state index >= 15 is 0 Å². The van der Waals surface area contributed by atoms with Gasteiger partial charge in [-0.05, 0) is 31.5 Å². The van der Waals surface area contributed by atoms with Crippen LogP contribution in [0.15, 0.2) is 24.3 Å². The van der Waals surface area contributed by atoms with E-state index in [1.807, 2.05) is 27.9 Å². The predicted molar refractivity (Wildman–Crippen MR) is 91.6 cm³/mol. The molecule has 3 rings (SSSR count). The highest BCUT2D eigenvalue weighted by Crippen LogP contribution is 2.44. The van der Waals surface area contributed by atoms with Gasteiger partial charge in [0, 0.05) is 31.0 Å². The summed E-state index contributed by atoms with van der Waals surface area (Å²) in [6.07, 6.45) is 0. The first kappa shape index (κ1) is 15.0. The Morgan fingerprint density at radius 2 is 1.91 bits per heavy atom. The van der Waals surface area contributed by atoms with E-state index in [2.05, 4.69) is 44.7 Å². The lowest BCUT2D eigenvalue weighted by Gasteiger charge is -2.19. The normalized spacial score (nSPS) is 21.0. The van der Waals surface area contributed by atoms with Gasteiger partial charge in [-0.1, -0.05) is 12.1 Å². The van der Waals surface area contributed by atoms with Crippen molar-refractivity contribution in [1.29, 1.82) is 0 Å². The largest absolute Gasteiger partial charge is 0.378 e. The Morgan fingerprint density at radius 3 is 2.55 bits per heavy atom. The summed E-state index contributed by atoms with van der Waals surface area (Å²) in [6.45, 7) is 3.93. The molecule has 116 valence electrons. The van der Waals surface area contributed by atoms with Crippen molar-refractivity contribution in [2.75, 3.05) is 24.3 Å². The number of carbonyl (C=O) groups is 1. The minimum atomic E-state index is -0.118. The molecule has 1 aliphatic rings. The van der Waals surface area contributed by atoms with Gasteiger partial charge in [0.15, 0.2) is 5.82 Å². The highest BCUT2D eigenvalue weighted by Gasteiger charge is 2.32. The molecule has 2 atom stereocenters. The van der Waals surface area contributed by atoms with Crippen LogP contribution in [0, 0.1) is 6.92 Å². The standard InChI is InChI=1S/C16H20N4OS/c1-9-13-14(11-5-7-12(8-6-11)20(3)4)22-10(2)16(21)17-15(13)19-18-9/h5-8,10,14H,1-4H3,(H2,17,18,19,21). The Morgan fingerprint density at radius 1 is 1.23 bits per heavy atom. The maximum absolute atomic E-state index is 12.1. The molecule has 5 nitrogen and oxygen atoms in total. The number of amides is 1. The van der Waals surface area contributed by atoms with Gasteiger partial charge in [0.1, 0.15) is 0 Å². The van der Waals surface area contributed by atoms with Crippen LogP contribution >= 0.6 is 11.8 Å². The average molecular weight is 316 g/mol. The summed E-state index contributed by atoms with van der Waals surface area (Å²) in [5, 5.41) is 10.1. The van der Waals surface area contributed by atoms with Crippen LogP contribution in [0.2, 0.25) is 0 Å². The number of anilines is 2. The molecule has 6 heteroatoms. The summed E-state index contributed by atoms with van der Waals surface area (Å²) >= 11 is 1.66. The van der Waals surface area contributed by atoms with Crippen molar-refractivity contribution in [3.8, 4) is 0 Å². The van der Waals surface area contributed by atoms with Gasteiger partial charge >= 0.3 is 0 Å². The third-order valence-corrected chi connectivity index (χ3v) is 5.32. The average Bonchev–Trinajstić information content (AvgIpc) is 2.79. The molecule has 0 spiro atoms. The number of H-pyrrole nitrogens is 1. The number of nitrogens with one attached hydrogen (secondary N) is 2. The van der Waals surface area contributed by atoms with E-state index in [9.17, 15) is 4.79 Å². The third-order valence-electron chi connectivity index (χ3n) is 3.92. The number of aryl methyl sites for hydroxylation is 1. The molecular weight excluding hydrogens is 296 g/mol. The van der Waals surface area contributed by atoms with Gasteiger partial charge < -0.3 is 10.2 Å². The molecule has 0 bridgehead atoms. The summed E-state index contributed by atoms with van der Waals surface area (Å²) in [4.78, 5) is 14.2. The van der Waals surface area contributed by atoms with Crippen LogP contribution in [-0.2, 0) is 4.79 Å². The lowest BCUT2D eigenvalue weighted by atomic mass is 10.0. The molecule has 1 aromatic heterocycles. The van der Waals surface area contributed by atoms with E-state index in [-0.39, 0.29) is 16.4 Å². The number of benzene rings is 1. The van der Waals surface area contributed by atoms with Gasteiger partial charge in [-0.3, -0.25) is 9.89 Å². The summed E-state index contributed by atoms with van der Waals surface area (Å²) in [5.74, 6) is 0.659. The van der Waals surface area contributed by atoms with Crippen LogP contribution in [0.4, 0.5) is 11.5 Å². The zero-order chi connectivity index (χ0) is 15.9. The minimum absolute atomic E-state index is 0.00478. The number of hydrogen-bond acceptors (Lipinski definition) is 4. The minimum Gasteiger partial charge on any atom is -0.378 e. The summed E-state index contributed by atoms with van der Waals surface area (Å²) in [7, 11) is 4.05. The number of carbonyl (C=O) groups excluding carboxylic acids is 1. The van der Waals surface area contributed by atoms with E-state index in [1.165, 1.54) is 5.56 Å². The predicted octanol–water partition coefficient (Wildman–Crippen LogP) is 2.95. The number of hydrogen-bond donors (Lipinski definition) is 2. The van der Waals surface area contributed by atoms with Crippen LogP contribution in [0.3, 0.4) is 0 Å². The van der Waals surface area contributed by atoms with Crippen LogP contribution in [0.1, 0.15) is 29.0 Å². The van der Waals surface area contributed by atoms with Gasteiger partial charge in [-0.2, -0.15) is 5.10 Å². The molecule has 2 heterocycles. The van der Waals surface area contributed by atoms with Crippen LogP contribution in [0.25, 0.3) is 0 Å². The fourth-order valence-electron chi connectivity index (χ4n) is 2.60. The molecular formula is C16H20N4OS. The van der Waals surface area contributed by atoms with Crippen molar-refractivity contribution >= 4 is 29.2 Å². The molecule has 0 aliphatic carbocycles. The van der Waals surface area contributed by atoms with E-state index in [0.29, 0.717) is 5.82 Å². The molecule has 1 aliphatic heterocycles. The maximum Gasteiger partial charge on any atom is 0.238 e. The second-order valence-electron chi connectivity index (χ2n) is 5.74. The smallest absolute Gasteiger partial charge is 0.238 e. The molecule has 1 amide bonds. The van der Waals surface area contributed by atoms with Crippen molar-refractivity contribution in [2.45, 2.75) is 24.3 Å². The van der Waals surface area contributed by atoms with Crippen LogP contribution < -0.4 is 10.2 Å². The highest BCUT2D eigenvalue weighted by atomic mass is 32.2. The first-order valence-corrected chi connectivity index (χ1v) is 8.20. The van der Waals surface area contributed by atoms with Crippen molar-refractivity contribution in [3.63, 3.8) is 0 Å². The van der Waals surface area contributed by atoms with Gasteiger partial charge in [0.05, 0.1) is 10.5 Å². The Hall–Kier alpha value is -1.95. The number of thioether (sulfide) groups is 1. The van der Waals surface area contributed by atoms with E-state index in [0.717, 1.165) is 16.9 Å². The number of nitrogens with zero attached hydrogens (tertiary/aromatic N) is 2. The molecule has 2 aromatic rings. The SMILES string of the molecule is Cc1[nH]nc2c1C(c1ccc(N(C)C)cc1)SC(C)C(=O)N2. The molecule has 0 radical (unpaired) electrons. The molecule has 0 saturated heterocycles. The number of fused-ring (bicyclic) bond motifs is 1. The molecule has 1 aromatic carbocycles. The van der Waals surface area contributed by atoms with Crippen molar-refractivity contribution in [3.05, 3.63) is 41.1 Å². The fraction of sp³-hybridized carbons (Fsp3) is 0.375. The Labute approximate surface area is 134 Å². The van der Waals surface area contributed by atoms with Crippen molar-refractivity contribution < 1.29 is 4.79 Å². The number of aromatic nitrogens is 2. The number of aromatic amines is 1. The quantitative estimate of drug-likeness (QED) is 0.894. The Kier molecular flexibility index (Phi) is 3.87. The zero-order valence-electron chi connectivity index (χ0n) is 13.2. The lowest BCUT2D eigenvalue weighted by molar-refractivity contribution is -0.115. The first-order chi connectivity index (χ1) is 10.5. The summed E-state index contributed by atoms with van der Waals surface area (Å²) in [6, 6.07) is 8.48.